The van der Waals surface area contributed by atoms with Gasteiger partial charge in [-0.25, -0.2) is 0 Å². The van der Waals surface area contributed by atoms with Crippen LogP contribution in [0.1, 0.15) is 25.8 Å². The Bertz CT molecular complexity index is 356. The molecule has 0 aliphatic heterocycles. The molecule has 0 aromatic heterocycles. The lowest BCUT2D eigenvalue weighted by Crippen LogP contribution is -2.18. The molecule has 0 heterocycles. The van der Waals surface area contributed by atoms with Gasteiger partial charge in [0.15, 0.2) is 0 Å². The maximum absolute atomic E-state index is 5.82. The molecule has 18 heavy (non-hydrogen) atoms. The quantitative estimate of drug-likeness (QED) is 0.749. The van der Waals surface area contributed by atoms with Crippen LogP contribution >= 0.6 is 15.9 Å². The molecular weight excluding hydrogens is 294 g/mol. The fourth-order valence-corrected chi connectivity index (χ4v) is 2.02. The highest BCUT2D eigenvalue weighted by Gasteiger charge is 2.05. The molecular formula is C14H22BrNO2. The van der Waals surface area contributed by atoms with Crippen LogP contribution in [0, 0.1) is 0 Å². The summed E-state index contributed by atoms with van der Waals surface area (Å²) >= 11 is 3.53. The van der Waals surface area contributed by atoms with Crippen LogP contribution in [0.3, 0.4) is 0 Å². The molecule has 1 aromatic carbocycles. The Morgan fingerprint density at radius 3 is 2.72 bits per heavy atom. The highest BCUT2D eigenvalue weighted by atomic mass is 79.9. The molecule has 4 heteroatoms. The number of hydrogen-bond donors (Lipinski definition) is 1. The third-order valence-corrected chi connectivity index (χ3v) is 3.18. The Morgan fingerprint density at radius 2 is 2.06 bits per heavy atom. The molecule has 0 aliphatic rings. The maximum Gasteiger partial charge on any atom is 0.119 e. The zero-order valence-electron chi connectivity index (χ0n) is 11.1. The average molecular weight is 316 g/mol. The summed E-state index contributed by atoms with van der Waals surface area (Å²) in [6, 6.07) is 6.13. The van der Waals surface area contributed by atoms with Crippen molar-refractivity contribution >= 4 is 15.9 Å². The molecule has 0 aliphatic carbocycles. The molecule has 1 atom stereocenters. The van der Waals surface area contributed by atoms with Crippen molar-refractivity contribution in [3.05, 3.63) is 28.2 Å². The zero-order valence-corrected chi connectivity index (χ0v) is 12.7. The molecule has 1 rings (SSSR count). The van der Waals surface area contributed by atoms with Crippen molar-refractivity contribution in [2.75, 3.05) is 19.8 Å². The van der Waals surface area contributed by atoms with Gasteiger partial charge in [-0.1, -0.05) is 22.9 Å². The summed E-state index contributed by atoms with van der Waals surface area (Å²) in [7, 11) is 0. The lowest BCUT2D eigenvalue weighted by atomic mass is 10.1. The van der Waals surface area contributed by atoms with Gasteiger partial charge in [-0.2, -0.15) is 0 Å². The fourth-order valence-electron chi connectivity index (χ4n) is 1.61. The molecule has 0 spiro atoms. The van der Waals surface area contributed by atoms with E-state index in [1.54, 1.807) is 0 Å². The topological polar surface area (TPSA) is 44.5 Å². The number of nitrogens with two attached hydrogens (primary N) is 1. The van der Waals surface area contributed by atoms with Crippen LogP contribution in [0.15, 0.2) is 22.7 Å². The van der Waals surface area contributed by atoms with Crippen LogP contribution in [-0.2, 0) is 11.2 Å². The van der Waals surface area contributed by atoms with Gasteiger partial charge in [0, 0.05) is 17.1 Å². The Hall–Kier alpha value is -0.580. The van der Waals surface area contributed by atoms with Gasteiger partial charge >= 0.3 is 0 Å². The summed E-state index contributed by atoms with van der Waals surface area (Å²) in [6.45, 7) is 6.10. The van der Waals surface area contributed by atoms with Crippen molar-refractivity contribution in [2.24, 2.45) is 5.73 Å². The third kappa shape index (κ3) is 5.85. The monoisotopic (exact) mass is 315 g/mol. The van der Waals surface area contributed by atoms with Gasteiger partial charge < -0.3 is 15.2 Å². The summed E-state index contributed by atoms with van der Waals surface area (Å²) in [5.41, 5.74) is 6.99. The Labute approximate surface area is 118 Å². The molecule has 0 saturated heterocycles. The van der Waals surface area contributed by atoms with Gasteiger partial charge in [-0.05, 0) is 43.5 Å². The molecule has 0 amide bonds. The van der Waals surface area contributed by atoms with Crippen LogP contribution in [0.4, 0.5) is 0 Å². The lowest BCUT2D eigenvalue weighted by Gasteiger charge is -2.11. The molecule has 1 aromatic rings. The minimum absolute atomic E-state index is 0.143. The predicted octanol–water partition coefficient (Wildman–Crippen LogP) is 3.14. The Morgan fingerprint density at radius 1 is 1.28 bits per heavy atom. The van der Waals surface area contributed by atoms with E-state index in [1.807, 2.05) is 25.1 Å². The fraction of sp³-hybridized carbons (Fsp3) is 0.571. The molecule has 102 valence electrons. The van der Waals surface area contributed by atoms with E-state index >= 15 is 0 Å². The van der Waals surface area contributed by atoms with Crippen LogP contribution in [-0.4, -0.2) is 25.9 Å². The van der Waals surface area contributed by atoms with Gasteiger partial charge in [0.05, 0.1) is 6.61 Å². The van der Waals surface area contributed by atoms with Crippen molar-refractivity contribution in [1.29, 1.82) is 0 Å². The second-order valence-corrected chi connectivity index (χ2v) is 5.25. The average Bonchev–Trinajstić information content (AvgIpc) is 2.32. The normalized spacial score (nSPS) is 12.4. The van der Waals surface area contributed by atoms with E-state index in [9.17, 15) is 0 Å². The van der Waals surface area contributed by atoms with Gasteiger partial charge in [-0.3, -0.25) is 0 Å². The molecule has 3 nitrogen and oxygen atoms in total. The first-order valence-corrected chi connectivity index (χ1v) is 7.17. The van der Waals surface area contributed by atoms with Crippen molar-refractivity contribution < 1.29 is 9.47 Å². The first kappa shape index (κ1) is 15.5. The van der Waals surface area contributed by atoms with E-state index in [4.69, 9.17) is 15.2 Å². The van der Waals surface area contributed by atoms with Crippen LogP contribution in [0.5, 0.6) is 5.75 Å². The molecule has 0 bridgehead atoms. The summed E-state index contributed by atoms with van der Waals surface area (Å²) in [6.07, 6.45) is 1.88. The minimum atomic E-state index is 0.143. The van der Waals surface area contributed by atoms with E-state index in [0.717, 1.165) is 29.7 Å². The zero-order chi connectivity index (χ0) is 13.4. The van der Waals surface area contributed by atoms with E-state index in [-0.39, 0.29) is 6.04 Å². The first-order chi connectivity index (χ1) is 8.63. The standard InChI is InChI=1S/C14H22BrNO2/c1-3-6-17-7-8-18-13-4-5-14(15)12(10-13)9-11(2)16/h4-5,10-11H,3,6-9,16H2,1-2H3. The smallest absolute Gasteiger partial charge is 0.119 e. The highest BCUT2D eigenvalue weighted by Crippen LogP contribution is 2.23. The third-order valence-electron chi connectivity index (χ3n) is 2.40. The lowest BCUT2D eigenvalue weighted by molar-refractivity contribution is 0.101. The predicted molar refractivity (Wildman–Crippen MR) is 78.1 cm³/mol. The van der Waals surface area contributed by atoms with Crippen LogP contribution in [0.2, 0.25) is 0 Å². The van der Waals surface area contributed by atoms with Crippen molar-refractivity contribution in [3.8, 4) is 5.75 Å². The molecule has 1 unspecified atom stereocenters. The summed E-state index contributed by atoms with van der Waals surface area (Å²) in [4.78, 5) is 0. The molecule has 2 N–H and O–H groups in total. The maximum atomic E-state index is 5.82. The van der Waals surface area contributed by atoms with E-state index in [0.29, 0.717) is 13.2 Å². The molecule has 0 fully saturated rings. The summed E-state index contributed by atoms with van der Waals surface area (Å²) in [5, 5.41) is 0. The number of hydrogen-bond acceptors (Lipinski definition) is 3. The summed E-state index contributed by atoms with van der Waals surface area (Å²) in [5.74, 6) is 0.869. The molecule has 0 radical (unpaired) electrons. The molecule has 0 saturated carbocycles. The van der Waals surface area contributed by atoms with E-state index in [1.165, 1.54) is 5.56 Å². The number of rotatable bonds is 8. The number of benzene rings is 1. The van der Waals surface area contributed by atoms with E-state index in [2.05, 4.69) is 22.9 Å². The van der Waals surface area contributed by atoms with Gasteiger partial charge in [0.25, 0.3) is 0 Å². The largest absolute Gasteiger partial charge is 0.491 e. The van der Waals surface area contributed by atoms with Crippen LogP contribution < -0.4 is 10.5 Å². The second kappa shape index (κ2) is 8.51. The number of ether oxygens (including phenoxy) is 2. The first-order valence-electron chi connectivity index (χ1n) is 6.38. The van der Waals surface area contributed by atoms with Gasteiger partial charge in [0.2, 0.25) is 0 Å². The summed E-state index contributed by atoms with van der Waals surface area (Å²) < 4.78 is 12.1. The van der Waals surface area contributed by atoms with Crippen molar-refractivity contribution in [3.63, 3.8) is 0 Å². The minimum Gasteiger partial charge on any atom is -0.491 e. The number of halogens is 1. The Balaban J connectivity index is 2.46. The van der Waals surface area contributed by atoms with Crippen molar-refractivity contribution in [2.45, 2.75) is 32.7 Å². The Kier molecular flexibility index (Phi) is 7.32. The SMILES string of the molecule is CCCOCCOc1ccc(Br)c(CC(C)N)c1. The second-order valence-electron chi connectivity index (χ2n) is 4.40. The van der Waals surface area contributed by atoms with Gasteiger partial charge in [0.1, 0.15) is 12.4 Å². The van der Waals surface area contributed by atoms with Crippen LogP contribution in [0.25, 0.3) is 0 Å². The highest BCUT2D eigenvalue weighted by molar-refractivity contribution is 9.10. The van der Waals surface area contributed by atoms with Gasteiger partial charge in [-0.15, -0.1) is 0 Å². The van der Waals surface area contributed by atoms with Crippen molar-refractivity contribution in [1.82, 2.24) is 0 Å². The van der Waals surface area contributed by atoms with E-state index < -0.39 is 0 Å².